The molecule has 8 heteroatoms. The van der Waals surface area contributed by atoms with Crippen LogP contribution in [0.2, 0.25) is 10.0 Å². The minimum atomic E-state index is 0.415. The van der Waals surface area contributed by atoms with Crippen molar-refractivity contribution in [2.75, 3.05) is 38.0 Å². The lowest BCUT2D eigenvalue weighted by Crippen LogP contribution is -2.28. The Bertz CT molecular complexity index is 1120. The van der Waals surface area contributed by atoms with Crippen molar-refractivity contribution in [1.29, 1.82) is 0 Å². The highest BCUT2D eigenvalue weighted by Crippen LogP contribution is 2.33. The molecular formula is C26H33Cl2N5O. The van der Waals surface area contributed by atoms with Gasteiger partial charge in [-0.1, -0.05) is 35.3 Å². The molecule has 6 nitrogen and oxygen atoms in total. The highest BCUT2D eigenvalue weighted by Gasteiger charge is 2.22. The summed E-state index contributed by atoms with van der Waals surface area (Å²) in [7, 11) is 5.68. The fraction of sp³-hybridized carbons (Fsp3) is 0.462. The van der Waals surface area contributed by atoms with Crippen molar-refractivity contribution in [2.24, 2.45) is 5.92 Å². The first-order valence-electron chi connectivity index (χ1n) is 11.9. The van der Waals surface area contributed by atoms with Gasteiger partial charge in [0.15, 0.2) is 0 Å². The van der Waals surface area contributed by atoms with Gasteiger partial charge in [0.1, 0.15) is 11.6 Å². The van der Waals surface area contributed by atoms with Gasteiger partial charge in [0.05, 0.1) is 17.6 Å². The number of ether oxygens (including phenoxy) is 1. The predicted octanol–water partition coefficient (Wildman–Crippen LogP) is 6.16. The quantitative estimate of drug-likeness (QED) is 0.342. The number of fused-ring (bicyclic) bond motifs is 1. The Morgan fingerprint density at radius 1 is 1.06 bits per heavy atom. The molecule has 1 heterocycles. The Labute approximate surface area is 212 Å². The zero-order valence-corrected chi connectivity index (χ0v) is 21.6. The highest BCUT2D eigenvalue weighted by atomic mass is 35.5. The first-order valence-corrected chi connectivity index (χ1v) is 12.6. The fourth-order valence-corrected chi connectivity index (χ4v) is 5.36. The van der Waals surface area contributed by atoms with Gasteiger partial charge in [0.2, 0.25) is 5.95 Å². The first-order chi connectivity index (χ1) is 16.4. The minimum absolute atomic E-state index is 0.415. The molecule has 1 fully saturated rings. The maximum Gasteiger partial charge on any atom is 0.225 e. The average Bonchev–Trinajstić information content (AvgIpc) is 2.82. The van der Waals surface area contributed by atoms with Gasteiger partial charge in [0, 0.05) is 42.7 Å². The molecular weight excluding hydrogens is 469 g/mol. The number of benzene rings is 2. The molecule has 1 aromatic heterocycles. The smallest absolute Gasteiger partial charge is 0.225 e. The monoisotopic (exact) mass is 501 g/mol. The third-order valence-corrected chi connectivity index (χ3v) is 7.02. The van der Waals surface area contributed by atoms with Gasteiger partial charge in [-0.2, -0.15) is 4.98 Å². The van der Waals surface area contributed by atoms with Crippen LogP contribution in [0.4, 0.5) is 11.8 Å². The standard InChI is InChI=1S/C26H33Cl2N5O/c1-33(2)25-21-6-4-5-7-23(21)31-26(32-25)30-20-10-8-17(9-11-20)12-13-29-16-18-14-19(27)15-22(28)24(18)34-3/h4-7,14-15,17,20,29H,8-13,16H2,1-3H3,(H,30,31,32)/t17-,20+. The van der Waals surface area contributed by atoms with Crippen LogP contribution in [0.15, 0.2) is 36.4 Å². The lowest BCUT2D eigenvalue weighted by atomic mass is 9.84. The second-order valence-corrected chi connectivity index (χ2v) is 10.0. The number of para-hydroxylation sites is 1. The number of hydrogen-bond acceptors (Lipinski definition) is 6. The molecule has 1 aliphatic carbocycles. The van der Waals surface area contributed by atoms with Gasteiger partial charge >= 0.3 is 0 Å². The van der Waals surface area contributed by atoms with Crippen molar-refractivity contribution in [3.63, 3.8) is 0 Å². The Hall–Kier alpha value is -2.28. The summed E-state index contributed by atoms with van der Waals surface area (Å²) < 4.78 is 5.43. The summed E-state index contributed by atoms with van der Waals surface area (Å²) in [4.78, 5) is 11.6. The SMILES string of the molecule is COc1c(Cl)cc(Cl)cc1CNCC[C@H]1CC[C@@H](Nc2nc(N(C)C)c3ccccc3n2)CC1. The maximum absolute atomic E-state index is 6.24. The zero-order valence-electron chi connectivity index (χ0n) is 20.1. The topological polar surface area (TPSA) is 62.3 Å². The number of nitrogens with one attached hydrogen (secondary N) is 2. The molecule has 1 aliphatic rings. The molecule has 0 bridgehead atoms. The van der Waals surface area contributed by atoms with E-state index in [4.69, 9.17) is 37.9 Å². The molecule has 2 aromatic carbocycles. The van der Waals surface area contributed by atoms with Crippen LogP contribution in [-0.2, 0) is 6.54 Å². The van der Waals surface area contributed by atoms with Crippen molar-refractivity contribution in [2.45, 2.75) is 44.7 Å². The van der Waals surface area contributed by atoms with Crippen molar-refractivity contribution < 1.29 is 4.74 Å². The molecule has 0 radical (unpaired) electrons. The van der Waals surface area contributed by atoms with E-state index in [0.717, 1.165) is 60.0 Å². The molecule has 3 aromatic rings. The zero-order chi connectivity index (χ0) is 24.1. The number of halogens is 2. The van der Waals surface area contributed by atoms with E-state index in [1.54, 1.807) is 13.2 Å². The predicted molar refractivity (Wildman–Crippen MR) is 143 cm³/mol. The van der Waals surface area contributed by atoms with E-state index in [2.05, 4.69) is 16.7 Å². The van der Waals surface area contributed by atoms with Gasteiger partial charge in [-0.05, 0) is 68.8 Å². The molecule has 4 rings (SSSR count). The number of anilines is 2. The van der Waals surface area contributed by atoms with Crippen molar-refractivity contribution in [3.8, 4) is 5.75 Å². The van der Waals surface area contributed by atoms with E-state index in [-0.39, 0.29) is 0 Å². The number of methoxy groups -OCH3 is 1. The molecule has 0 spiro atoms. The average molecular weight is 502 g/mol. The summed E-state index contributed by atoms with van der Waals surface area (Å²) in [6.07, 6.45) is 5.84. The van der Waals surface area contributed by atoms with Crippen LogP contribution in [0.1, 0.15) is 37.7 Å². The molecule has 0 saturated heterocycles. The van der Waals surface area contributed by atoms with Crippen molar-refractivity contribution in [3.05, 3.63) is 52.0 Å². The molecule has 34 heavy (non-hydrogen) atoms. The summed E-state index contributed by atoms with van der Waals surface area (Å²) in [6, 6.07) is 12.2. The molecule has 0 aliphatic heterocycles. The Balaban J connectivity index is 1.25. The number of rotatable bonds is 9. The van der Waals surface area contributed by atoms with Crippen molar-refractivity contribution >= 4 is 45.9 Å². The largest absolute Gasteiger partial charge is 0.495 e. The van der Waals surface area contributed by atoms with E-state index in [1.165, 1.54) is 12.8 Å². The molecule has 2 N–H and O–H groups in total. The van der Waals surface area contributed by atoms with E-state index in [1.807, 2.05) is 43.3 Å². The molecule has 182 valence electrons. The van der Waals surface area contributed by atoms with Crippen LogP contribution in [0.3, 0.4) is 0 Å². The lowest BCUT2D eigenvalue weighted by Gasteiger charge is -2.29. The van der Waals surface area contributed by atoms with E-state index in [0.29, 0.717) is 28.4 Å². The lowest BCUT2D eigenvalue weighted by molar-refractivity contribution is 0.316. The Morgan fingerprint density at radius 3 is 2.56 bits per heavy atom. The van der Waals surface area contributed by atoms with E-state index >= 15 is 0 Å². The van der Waals surface area contributed by atoms with Crippen LogP contribution in [0, 0.1) is 5.92 Å². The Morgan fingerprint density at radius 2 is 1.82 bits per heavy atom. The third-order valence-electron chi connectivity index (χ3n) is 6.52. The molecule has 1 saturated carbocycles. The summed E-state index contributed by atoms with van der Waals surface area (Å²) in [5, 5.41) is 9.37. The van der Waals surface area contributed by atoms with Gasteiger partial charge in [-0.25, -0.2) is 4.98 Å². The van der Waals surface area contributed by atoms with Gasteiger partial charge in [-0.15, -0.1) is 0 Å². The Kier molecular flexibility index (Phi) is 8.35. The molecule has 0 atom stereocenters. The first kappa shape index (κ1) is 24.8. The van der Waals surface area contributed by atoms with Gasteiger partial charge in [-0.3, -0.25) is 0 Å². The highest BCUT2D eigenvalue weighted by molar-refractivity contribution is 6.35. The summed E-state index contributed by atoms with van der Waals surface area (Å²) in [5.41, 5.74) is 1.96. The van der Waals surface area contributed by atoms with Gasteiger partial charge < -0.3 is 20.3 Å². The normalized spacial score (nSPS) is 18.1. The van der Waals surface area contributed by atoms with Crippen LogP contribution < -0.4 is 20.3 Å². The second kappa shape index (κ2) is 11.4. The molecule has 0 unspecified atom stereocenters. The second-order valence-electron chi connectivity index (χ2n) is 9.19. The van der Waals surface area contributed by atoms with Crippen molar-refractivity contribution in [1.82, 2.24) is 15.3 Å². The summed E-state index contributed by atoms with van der Waals surface area (Å²) in [6.45, 7) is 1.64. The van der Waals surface area contributed by atoms with Crippen LogP contribution >= 0.6 is 23.2 Å². The van der Waals surface area contributed by atoms with Crippen LogP contribution in [0.5, 0.6) is 5.75 Å². The number of aromatic nitrogens is 2. The number of nitrogens with zero attached hydrogens (tertiary/aromatic N) is 3. The van der Waals surface area contributed by atoms with E-state index < -0.39 is 0 Å². The maximum atomic E-state index is 6.24. The number of hydrogen-bond donors (Lipinski definition) is 2. The van der Waals surface area contributed by atoms with Gasteiger partial charge in [0.25, 0.3) is 0 Å². The summed E-state index contributed by atoms with van der Waals surface area (Å²) >= 11 is 12.4. The summed E-state index contributed by atoms with van der Waals surface area (Å²) in [5.74, 6) is 3.09. The van der Waals surface area contributed by atoms with Crippen LogP contribution in [-0.4, -0.2) is 43.8 Å². The third kappa shape index (κ3) is 6.04. The molecule has 0 amide bonds. The minimum Gasteiger partial charge on any atom is -0.495 e. The fourth-order valence-electron chi connectivity index (χ4n) is 4.75. The van der Waals surface area contributed by atoms with Crippen LogP contribution in [0.25, 0.3) is 10.9 Å². The van der Waals surface area contributed by atoms with E-state index in [9.17, 15) is 0 Å².